The summed E-state index contributed by atoms with van der Waals surface area (Å²) in [4.78, 5) is 2.30. The number of hydrogen-bond acceptors (Lipinski definition) is 3. The normalized spacial score (nSPS) is 23.3. The molecule has 0 spiro atoms. The van der Waals surface area contributed by atoms with Crippen molar-refractivity contribution in [1.82, 2.24) is 4.90 Å². The maximum atomic E-state index is 12.6. The molecule has 0 bridgehead atoms. The van der Waals surface area contributed by atoms with Crippen molar-refractivity contribution in [1.29, 1.82) is 0 Å². The molecule has 2 aliphatic rings. The highest BCUT2D eigenvalue weighted by Gasteiger charge is 2.29. The van der Waals surface area contributed by atoms with Crippen LogP contribution in [0, 0.1) is 5.92 Å². The second kappa shape index (κ2) is 5.97. The number of sulfonamides is 1. The molecular weight excluding hydrogens is 284 g/mol. The highest BCUT2D eigenvalue weighted by molar-refractivity contribution is 7.92. The van der Waals surface area contributed by atoms with E-state index in [4.69, 9.17) is 0 Å². The fraction of sp³-hybridized carbons (Fsp3) is 0.625. The van der Waals surface area contributed by atoms with Crippen LogP contribution in [-0.4, -0.2) is 45.2 Å². The molecule has 0 N–H and O–H groups in total. The number of hydrogen-bond donors (Lipinski definition) is 0. The van der Waals surface area contributed by atoms with Crippen LogP contribution in [-0.2, 0) is 16.4 Å². The third kappa shape index (κ3) is 3.24. The molecule has 2 aliphatic heterocycles. The smallest absolute Gasteiger partial charge is 0.236 e. The van der Waals surface area contributed by atoms with Gasteiger partial charge in [-0.1, -0.05) is 25.1 Å². The Morgan fingerprint density at radius 1 is 1.24 bits per heavy atom. The average molecular weight is 308 g/mol. The highest BCUT2D eigenvalue weighted by Crippen LogP contribution is 2.30. The molecule has 2 heterocycles. The molecule has 0 aromatic heterocycles. The summed E-state index contributed by atoms with van der Waals surface area (Å²) >= 11 is 0. The Morgan fingerprint density at radius 2 is 2.05 bits per heavy atom. The van der Waals surface area contributed by atoms with E-state index >= 15 is 0 Å². The SMILES string of the molecule is CC1CCCN(CCS(=O)(=O)N2CCc3ccccc32)C1. The lowest BCUT2D eigenvalue weighted by Crippen LogP contribution is -2.40. The van der Waals surface area contributed by atoms with Gasteiger partial charge in [0, 0.05) is 19.6 Å². The van der Waals surface area contributed by atoms with E-state index in [0.29, 0.717) is 19.0 Å². The van der Waals surface area contributed by atoms with Gasteiger partial charge in [-0.2, -0.15) is 0 Å². The van der Waals surface area contributed by atoms with Crippen LogP contribution < -0.4 is 4.31 Å². The van der Waals surface area contributed by atoms with Crippen LogP contribution >= 0.6 is 0 Å². The summed E-state index contributed by atoms with van der Waals surface area (Å²) in [6.45, 7) is 5.57. The minimum absolute atomic E-state index is 0.230. The van der Waals surface area contributed by atoms with Gasteiger partial charge in [0.25, 0.3) is 0 Å². The van der Waals surface area contributed by atoms with E-state index in [0.717, 1.165) is 30.8 Å². The summed E-state index contributed by atoms with van der Waals surface area (Å²) in [7, 11) is -3.20. The first-order chi connectivity index (χ1) is 10.1. The van der Waals surface area contributed by atoms with Crippen molar-refractivity contribution in [3.05, 3.63) is 29.8 Å². The van der Waals surface area contributed by atoms with E-state index in [1.54, 1.807) is 4.31 Å². The molecule has 0 amide bonds. The third-order valence-electron chi connectivity index (χ3n) is 4.59. The third-order valence-corrected chi connectivity index (χ3v) is 6.34. The summed E-state index contributed by atoms with van der Waals surface area (Å²) in [6.07, 6.45) is 3.28. The Hall–Kier alpha value is -1.07. The number of benzene rings is 1. The zero-order valence-electron chi connectivity index (χ0n) is 12.7. The Kier molecular flexibility index (Phi) is 4.22. The van der Waals surface area contributed by atoms with Crippen molar-refractivity contribution in [2.45, 2.75) is 26.2 Å². The van der Waals surface area contributed by atoms with Crippen LogP contribution in [0.5, 0.6) is 0 Å². The van der Waals surface area contributed by atoms with Crippen LogP contribution in [0.1, 0.15) is 25.3 Å². The van der Waals surface area contributed by atoms with E-state index in [-0.39, 0.29) is 5.75 Å². The number of likely N-dealkylation sites (tertiary alicyclic amines) is 1. The fourth-order valence-electron chi connectivity index (χ4n) is 3.44. The van der Waals surface area contributed by atoms with E-state index in [9.17, 15) is 8.42 Å². The molecule has 3 rings (SSSR count). The Balaban J connectivity index is 1.65. The summed E-state index contributed by atoms with van der Waals surface area (Å²) in [6, 6.07) is 7.84. The highest BCUT2D eigenvalue weighted by atomic mass is 32.2. The van der Waals surface area contributed by atoms with Gasteiger partial charge >= 0.3 is 0 Å². The largest absolute Gasteiger partial charge is 0.302 e. The van der Waals surface area contributed by atoms with Crippen LogP contribution in [0.15, 0.2) is 24.3 Å². The Bertz CT molecular complexity index is 600. The van der Waals surface area contributed by atoms with Gasteiger partial charge in [-0.15, -0.1) is 0 Å². The summed E-state index contributed by atoms with van der Waals surface area (Å²) in [5.74, 6) is 0.919. The van der Waals surface area contributed by atoms with Crippen molar-refractivity contribution < 1.29 is 8.42 Å². The standard InChI is InChI=1S/C16H24N2O2S/c1-14-5-4-9-17(13-14)11-12-21(19,20)18-10-8-15-6-2-3-7-16(15)18/h2-3,6-7,14H,4-5,8-13H2,1H3. The number of para-hydroxylation sites is 1. The molecule has 1 unspecified atom stereocenters. The van der Waals surface area contributed by atoms with Crippen molar-refractivity contribution in [2.75, 3.05) is 36.2 Å². The van der Waals surface area contributed by atoms with Gasteiger partial charge in [0.2, 0.25) is 10.0 Å². The molecule has 1 saturated heterocycles. The molecule has 21 heavy (non-hydrogen) atoms. The maximum absolute atomic E-state index is 12.6. The molecule has 1 atom stereocenters. The van der Waals surface area contributed by atoms with Crippen molar-refractivity contribution in [2.24, 2.45) is 5.92 Å². The molecule has 116 valence electrons. The first kappa shape index (κ1) is 14.9. The predicted octanol–water partition coefficient (Wildman–Crippen LogP) is 2.11. The summed E-state index contributed by atoms with van der Waals surface area (Å²) in [5, 5.41) is 0. The molecule has 4 nitrogen and oxygen atoms in total. The molecule has 5 heteroatoms. The van der Waals surface area contributed by atoms with E-state index < -0.39 is 10.0 Å². The zero-order valence-corrected chi connectivity index (χ0v) is 13.5. The van der Waals surface area contributed by atoms with E-state index in [2.05, 4.69) is 11.8 Å². The van der Waals surface area contributed by atoms with Gasteiger partial charge < -0.3 is 4.90 Å². The fourth-order valence-corrected chi connectivity index (χ4v) is 5.00. The molecule has 0 radical (unpaired) electrons. The number of nitrogens with zero attached hydrogens (tertiary/aromatic N) is 2. The first-order valence-electron chi connectivity index (χ1n) is 7.87. The topological polar surface area (TPSA) is 40.6 Å². The van der Waals surface area contributed by atoms with Gasteiger partial charge in [0.1, 0.15) is 0 Å². The maximum Gasteiger partial charge on any atom is 0.236 e. The molecular formula is C16H24N2O2S. The second-order valence-electron chi connectivity index (χ2n) is 6.31. The number of fused-ring (bicyclic) bond motifs is 1. The van der Waals surface area contributed by atoms with Gasteiger partial charge in [0.15, 0.2) is 0 Å². The Morgan fingerprint density at radius 3 is 2.86 bits per heavy atom. The van der Waals surface area contributed by atoms with Crippen LogP contribution in [0.2, 0.25) is 0 Å². The van der Waals surface area contributed by atoms with Gasteiger partial charge in [-0.25, -0.2) is 8.42 Å². The monoisotopic (exact) mass is 308 g/mol. The van der Waals surface area contributed by atoms with Crippen molar-refractivity contribution in [3.63, 3.8) is 0 Å². The van der Waals surface area contributed by atoms with E-state index in [1.807, 2.05) is 24.3 Å². The van der Waals surface area contributed by atoms with Crippen LogP contribution in [0.25, 0.3) is 0 Å². The predicted molar refractivity (Wildman–Crippen MR) is 86.1 cm³/mol. The Labute approximate surface area is 127 Å². The van der Waals surface area contributed by atoms with E-state index in [1.165, 1.54) is 12.8 Å². The van der Waals surface area contributed by atoms with Gasteiger partial charge in [-0.3, -0.25) is 4.31 Å². The summed E-state index contributed by atoms with van der Waals surface area (Å²) < 4.78 is 26.8. The first-order valence-corrected chi connectivity index (χ1v) is 9.48. The quantitative estimate of drug-likeness (QED) is 0.855. The number of piperidine rings is 1. The second-order valence-corrected chi connectivity index (χ2v) is 8.33. The average Bonchev–Trinajstić information content (AvgIpc) is 2.90. The number of rotatable bonds is 4. The lowest BCUT2D eigenvalue weighted by atomic mass is 10.0. The lowest BCUT2D eigenvalue weighted by molar-refractivity contribution is 0.193. The van der Waals surface area contributed by atoms with Crippen molar-refractivity contribution >= 4 is 15.7 Å². The molecule has 0 aliphatic carbocycles. The van der Waals surface area contributed by atoms with Crippen molar-refractivity contribution in [3.8, 4) is 0 Å². The molecule has 0 saturated carbocycles. The molecule has 1 fully saturated rings. The van der Waals surface area contributed by atoms with Crippen LogP contribution in [0.3, 0.4) is 0 Å². The lowest BCUT2D eigenvalue weighted by Gasteiger charge is -2.31. The summed E-state index contributed by atoms with van der Waals surface area (Å²) in [5.41, 5.74) is 2.03. The van der Waals surface area contributed by atoms with Gasteiger partial charge in [-0.05, 0) is 43.4 Å². The molecule has 1 aromatic rings. The minimum atomic E-state index is -3.20. The van der Waals surface area contributed by atoms with Crippen LogP contribution in [0.4, 0.5) is 5.69 Å². The van der Waals surface area contributed by atoms with Gasteiger partial charge in [0.05, 0.1) is 11.4 Å². The minimum Gasteiger partial charge on any atom is -0.302 e. The number of anilines is 1. The zero-order chi connectivity index (χ0) is 14.9. The molecule has 1 aromatic carbocycles.